The van der Waals surface area contributed by atoms with Gasteiger partial charge < -0.3 is 15.2 Å². The van der Waals surface area contributed by atoms with Gasteiger partial charge in [0.15, 0.2) is 5.96 Å². The third-order valence-corrected chi connectivity index (χ3v) is 4.81. The Kier molecular flexibility index (Phi) is 10.9. The summed E-state index contributed by atoms with van der Waals surface area (Å²) in [5.41, 5.74) is 1.35. The molecule has 7 heteroatoms. The van der Waals surface area contributed by atoms with Gasteiger partial charge in [0.25, 0.3) is 0 Å². The molecule has 28 heavy (non-hydrogen) atoms. The molecule has 0 fully saturated rings. The molecule has 0 aliphatic heterocycles. The zero-order valence-electron chi connectivity index (χ0n) is 17.3. The zero-order chi connectivity index (χ0) is 19.7. The number of rotatable bonds is 9. The molecule has 0 aliphatic rings. The highest BCUT2D eigenvalue weighted by Gasteiger charge is 2.19. The van der Waals surface area contributed by atoms with E-state index >= 15 is 0 Å². The molecule has 0 radical (unpaired) electrons. The smallest absolute Gasteiger partial charge is 0.190 e. The van der Waals surface area contributed by atoms with E-state index in [0.717, 1.165) is 55.7 Å². The molecule has 0 aliphatic carbocycles. The van der Waals surface area contributed by atoms with Crippen LogP contribution in [0.2, 0.25) is 5.02 Å². The van der Waals surface area contributed by atoms with Crippen LogP contribution in [0.1, 0.15) is 38.1 Å². The molecule has 0 atom stereocenters. The number of hydrogen-bond acceptors (Lipinski definition) is 2. The third-order valence-electron chi connectivity index (χ3n) is 4.57. The molecular weight excluding hydrogens is 485 g/mol. The maximum atomic E-state index is 6.10. The van der Waals surface area contributed by atoms with Crippen LogP contribution in [0.15, 0.2) is 41.7 Å². The highest BCUT2D eigenvalue weighted by atomic mass is 127. The highest BCUT2D eigenvalue weighted by molar-refractivity contribution is 14.0. The van der Waals surface area contributed by atoms with Gasteiger partial charge in [-0.15, -0.1) is 24.0 Å². The minimum absolute atomic E-state index is 0. The molecule has 2 rings (SSSR count). The van der Waals surface area contributed by atoms with E-state index in [9.17, 15) is 0 Å². The van der Waals surface area contributed by atoms with E-state index in [1.807, 2.05) is 44.6 Å². The first-order chi connectivity index (χ1) is 12.9. The molecule has 2 aromatic rings. The lowest BCUT2D eigenvalue weighted by atomic mass is 9.86. The lowest BCUT2D eigenvalue weighted by Gasteiger charge is -2.26. The van der Waals surface area contributed by atoms with Gasteiger partial charge in [-0.25, -0.2) is 4.98 Å². The van der Waals surface area contributed by atoms with Gasteiger partial charge in [0.1, 0.15) is 5.82 Å². The molecule has 1 aromatic carbocycles. The van der Waals surface area contributed by atoms with Gasteiger partial charge in [0.2, 0.25) is 0 Å². The van der Waals surface area contributed by atoms with E-state index in [1.165, 1.54) is 5.56 Å². The van der Waals surface area contributed by atoms with Gasteiger partial charge in [-0.3, -0.25) is 4.99 Å². The number of nitrogens with one attached hydrogen (secondary N) is 2. The summed E-state index contributed by atoms with van der Waals surface area (Å²) in [6.07, 6.45) is 7.04. The maximum Gasteiger partial charge on any atom is 0.190 e. The molecule has 5 nitrogen and oxygen atoms in total. The lowest BCUT2D eigenvalue weighted by molar-refractivity contribution is 0.359. The van der Waals surface area contributed by atoms with Gasteiger partial charge in [0, 0.05) is 44.1 Å². The first-order valence-corrected chi connectivity index (χ1v) is 9.94. The van der Waals surface area contributed by atoms with Gasteiger partial charge in [-0.1, -0.05) is 37.6 Å². The number of aliphatic imine (C=N–C) groups is 1. The van der Waals surface area contributed by atoms with Crippen molar-refractivity contribution >= 4 is 41.5 Å². The average molecular weight is 518 g/mol. The predicted octanol–water partition coefficient (Wildman–Crippen LogP) is 4.68. The molecule has 156 valence electrons. The minimum atomic E-state index is 0. The molecule has 0 spiro atoms. The van der Waals surface area contributed by atoms with E-state index in [2.05, 4.69) is 45.1 Å². The number of aromatic nitrogens is 2. The van der Waals surface area contributed by atoms with Crippen LogP contribution in [0.25, 0.3) is 0 Å². The summed E-state index contributed by atoms with van der Waals surface area (Å²) in [4.78, 5) is 8.58. The van der Waals surface area contributed by atoms with Crippen LogP contribution in [0.3, 0.4) is 0 Å². The highest BCUT2D eigenvalue weighted by Crippen LogP contribution is 2.22. The van der Waals surface area contributed by atoms with Crippen LogP contribution < -0.4 is 10.6 Å². The van der Waals surface area contributed by atoms with Crippen LogP contribution in [0, 0.1) is 12.3 Å². The Labute approximate surface area is 191 Å². The fourth-order valence-electron chi connectivity index (χ4n) is 3.06. The van der Waals surface area contributed by atoms with Crippen LogP contribution in [-0.4, -0.2) is 35.6 Å². The molecule has 1 aromatic heterocycles. The summed E-state index contributed by atoms with van der Waals surface area (Å²) in [5.74, 6) is 1.93. The Morgan fingerprint density at radius 1 is 1.25 bits per heavy atom. The summed E-state index contributed by atoms with van der Waals surface area (Å²) in [6.45, 7) is 9.29. The van der Waals surface area contributed by atoms with E-state index in [4.69, 9.17) is 11.6 Å². The van der Waals surface area contributed by atoms with Gasteiger partial charge in [-0.2, -0.15) is 0 Å². The normalized spacial score (nSPS) is 11.8. The van der Waals surface area contributed by atoms with Crippen LogP contribution in [0.5, 0.6) is 0 Å². The standard InChI is InChI=1S/C21H32ClN5.HI/c1-17-24-11-13-27(17)12-6-5-10-25-20(23-4)26-16-21(2,3)15-18-8-7-9-19(22)14-18;/h7-9,11,13-14H,5-6,10,12,15-16H2,1-4H3,(H2,23,25,26);1H. The fourth-order valence-corrected chi connectivity index (χ4v) is 3.27. The number of benzene rings is 1. The first kappa shape index (κ1) is 24.8. The Balaban J connectivity index is 0.00000392. The SMILES string of the molecule is CN=C(NCCCCn1ccnc1C)NCC(C)(C)Cc1cccc(Cl)c1.I. The molecule has 0 saturated carbocycles. The third kappa shape index (κ3) is 8.82. The predicted molar refractivity (Wildman–Crippen MR) is 130 cm³/mol. The largest absolute Gasteiger partial charge is 0.356 e. The molecule has 0 bridgehead atoms. The van der Waals surface area contributed by atoms with E-state index in [0.29, 0.717) is 0 Å². The van der Waals surface area contributed by atoms with Gasteiger partial charge in [-0.05, 0) is 49.3 Å². The van der Waals surface area contributed by atoms with E-state index in [1.54, 1.807) is 0 Å². The van der Waals surface area contributed by atoms with Crippen molar-refractivity contribution in [2.24, 2.45) is 10.4 Å². The van der Waals surface area contributed by atoms with Crippen molar-refractivity contribution in [1.29, 1.82) is 0 Å². The van der Waals surface area contributed by atoms with Crippen molar-refractivity contribution in [3.63, 3.8) is 0 Å². The molecule has 2 N–H and O–H groups in total. The van der Waals surface area contributed by atoms with Crippen molar-refractivity contribution < 1.29 is 0 Å². The van der Waals surface area contributed by atoms with Crippen molar-refractivity contribution in [3.05, 3.63) is 53.1 Å². The lowest BCUT2D eigenvalue weighted by Crippen LogP contribution is -2.43. The second kappa shape index (κ2) is 12.3. The molecule has 1 heterocycles. The second-order valence-electron chi connectivity index (χ2n) is 7.70. The first-order valence-electron chi connectivity index (χ1n) is 9.56. The van der Waals surface area contributed by atoms with Gasteiger partial charge in [0.05, 0.1) is 0 Å². The van der Waals surface area contributed by atoms with E-state index in [-0.39, 0.29) is 29.4 Å². The Hall–Kier alpha value is -1.28. The number of nitrogens with zero attached hydrogens (tertiary/aromatic N) is 3. The quantitative estimate of drug-likeness (QED) is 0.220. The average Bonchev–Trinajstić information content (AvgIpc) is 3.02. The van der Waals surface area contributed by atoms with Gasteiger partial charge >= 0.3 is 0 Å². The number of halogens is 2. The molecular formula is C21H33ClIN5. The summed E-state index contributed by atoms with van der Waals surface area (Å²) in [6, 6.07) is 8.09. The summed E-state index contributed by atoms with van der Waals surface area (Å²) in [5, 5.41) is 7.64. The molecule has 0 unspecified atom stereocenters. The zero-order valence-corrected chi connectivity index (χ0v) is 20.4. The van der Waals surface area contributed by atoms with Crippen LogP contribution >= 0.6 is 35.6 Å². The second-order valence-corrected chi connectivity index (χ2v) is 8.13. The number of aryl methyl sites for hydroxylation is 2. The fraction of sp³-hybridized carbons (Fsp3) is 0.524. The van der Waals surface area contributed by atoms with Crippen molar-refractivity contribution in [2.75, 3.05) is 20.1 Å². The Morgan fingerprint density at radius 2 is 2.04 bits per heavy atom. The Bertz CT molecular complexity index is 742. The molecule has 0 saturated heterocycles. The number of unbranched alkanes of at least 4 members (excludes halogenated alkanes) is 1. The number of hydrogen-bond donors (Lipinski definition) is 2. The monoisotopic (exact) mass is 517 g/mol. The summed E-state index contributed by atoms with van der Waals surface area (Å²) in [7, 11) is 1.81. The van der Waals surface area contributed by atoms with Crippen molar-refractivity contribution in [2.45, 2.75) is 46.6 Å². The van der Waals surface area contributed by atoms with Crippen LogP contribution in [-0.2, 0) is 13.0 Å². The van der Waals surface area contributed by atoms with Crippen LogP contribution in [0.4, 0.5) is 0 Å². The Morgan fingerprint density at radius 3 is 2.68 bits per heavy atom. The topological polar surface area (TPSA) is 54.2 Å². The summed E-state index contributed by atoms with van der Waals surface area (Å²) >= 11 is 6.10. The number of imidazole rings is 1. The molecule has 0 amide bonds. The van der Waals surface area contributed by atoms with Crippen molar-refractivity contribution in [1.82, 2.24) is 20.2 Å². The summed E-state index contributed by atoms with van der Waals surface area (Å²) < 4.78 is 2.19. The van der Waals surface area contributed by atoms with E-state index < -0.39 is 0 Å². The number of guanidine groups is 1. The maximum absolute atomic E-state index is 6.10. The van der Waals surface area contributed by atoms with Crippen molar-refractivity contribution in [3.8, 4) is 0 Å². The minimum Gasteiger partial charge on any atom is -0.356 e.